The molecule has 6 nitrogen and oxygen atoms in total. The Balaban J connectivity index is 1.67. The molecule has 0 radical (unpaired) electrons. The van der Waals surface area contributed by atoms with Crippen LogP contribution in [0.25, 0.3) is 0 Å². The van der Waals surface area contributed by atoms with E-state index in [1.54, 1.807) is 29.3 Å². The first-order valence-corrected chi connectivity index (χ1v) is 6.41. The molecule has 0 bridgehead atoms. The number of nitrogens with zero attached hydrogens (tertiary/aromatic N) is 1. The van der Waals surface area contributed by atoms with Crippen molar-refractivity contribution in [3.05, 3.63) is 35.9 Å². The van der Waals surface area contributed by atoms with Crippen LogP contribution in [0.2, 0.25) is 0 Å². The van der Waals surface area contributed by atoms with Crippen molar-refractivity contribution >= 4 is 11.8 Å². The summed E-state index contributed by atoms with van der Waals surface area (Å²) in [5.74, 6) is -0.302. The van der Waals surface area contributed by atoms with E-state index in [9.17, 15) is 9.59 Å². The van der Waals surface area contributed by atoms with Gasteiger partial charge in [0.15, 0.2) is 0 Å². The predicted octanol–water partition coefficient (Wildman–Crippen LogP) is -0.549. The van der Waals surface area contributed by atoms with Gasteiger partial charge in [-0.3, -0.25) is 19.9 Å². The topological polar surface area (TPSA) is 73.5 Å². The van der Waals surface area contributed by atoms with Crippen molar-refractivity contribution in [2.75, 3.05) is 13.1 Å². The summed E-state index contributed by atoms with van der Waals surface area (Å²) in [6.07, 6.45) is 0.947. The molecule has 0 spiro atoms. The van der Waals surface area contributed by atoms with Gasteiger partial charge in [-0.05, 0) is 18.6 Å². The van der Waals surface area contributed by atoms with Crippen LogP contribution >= 0.6 is 0 Å². The highest BCUT2D eigenvalue weighted by Crippen LogP contribution is 2.12. The summed E-state index contributed by atoms with van der Waals surface area (Å²) in [6.45, 7) is 1.25. The minimum atomic E-state index is -0.519. The Bertz CT molecular complexity index is 491. The SMILES string of the molecule is O=C(NC1CNC2CCNN2C1=O)c1ccccc1. The maximum absolute atomic E-state index is 12.2. The number of nitrogens with one attached hydrogen (secondary N) is 3. The molecule has 6 heteroatoms. The highest BCUT2D eigenvalue weighted by atomic mass is 16.2. The lowest BCUT2D eigenvalue weighted by atomic mass is 10.1. The first-order chi connectivity index (χ1) is 9.25. The molecule has 0 aliphatic carbocycles. The third-order valence-electron chi connectivity index (χ3n) is 3.45. The molecule has 1 aromatic rings. The molecule has 2 aliphatic rings. The number of benzene rings is 1. The molecule has 19 heavy (non-hydrogen) atoms. The zero-order valence-electron chi connectivity index (χ0n) is 10.4. The molecule has 0 aromatic heterocycles. The van der Waals surface area contributed by atoms with Crippen LogP contribution < -0.4 is 16.1 Å². The molecule has 2 fully saturated rings. The molecule has 100 valence electrons. The number of rotatable bonds is 2. The monoisotopic (exact) mass is 260 g/mol. The number of carbonyl (C=O) groups is 2. The lowest BCUT2D eigenvalue weighted by Crippen LogP contribution is -2.65. The average Bonchev–Trinajstić information content (AvgIpc) is 2.92. The number of hydrogen-bond acceptors (Lipinski definition) is 4. The second-order valence-corrected chi connectivity index (χ2v) is 4.72. The summed E-state index contributed by atoms with van der Waals surface area (Å²) < 4.78 is 0. The van der Waals surface area contributed by atoms with E-state index >= 15 is 0 Å². The molecular weight excluding hydrogens is 244 g/mol. The normalized spacial score (nSPS) is 26.1. The van der Waals surface area contributed by atoms with Crippen molar-refractivity contribution < 1.29 is 9.59 Å². The highest BCUT2D eigenvalue weighted by Gasteiger charge is 2.38. The van der Waals surface area contributed by atoms with Crippen LogP contribution in [0.3, 0.4) is 0 Å². The van der Waals surface area contributed by atoms with Gasteiger partial charge >= 0.3 is 0 Å². The third kappa shape index (κ3) is 2.32. The van der Waals surface area contributed by atoms with Crippen LogP contribution in [0.4, 0.5) is 0 Å². The van der Waals surface area contributed by atoms with Crippen molar-refractivity contribution in [3.63, 3.8) is 0 Å². The van der Waals surface area contributed by atoms with Crippen molar-refractivity contribution in [3.8, 4) is 0 Å². The predicted molar refractivity (Wildman–Crippen MR) is 69.0 cm³/mol. The van der Waals surface area contributed by atoms with Crippen molar-refractivity contribution in [1.82, 2.24) is 21.1 Å². The van der Waals surface area contributed by atoms with Gasteiger partial charge in [-0.15, -0.1) is 0 Å². The molecule has 2 atom stereocenters. The molecule has 3 N–H and O–H groups in total. The number of hydrazine groups is 1. The van der Waals surface area contributed by atoms with Crippen LogP contribution in [-0.4, -0.2) is 42.1 Å². The number of amides is 2. The average molecular weight is 260 g/mol. The van der Waals surface area contributed by atoms with Gasteiger partial charge in [0.2, 0.25) is 0 Å². The Morgan fingerprint density at radius 3 is 2.89 bits per heavy atom. The van der Waals surface area contributed by atoms with E-state index in [4.69, 9.17) is 0 Å². The van der Waals surface area contributed by atoms with Gasteiger partial charge in [0.05, 0.1) is 6.17 Å². The minimum absolute atomic E-state index is 0.0531. The third-order valence-corrected chi connectivity index (χ3v) is 3.45. The Morgan fingerprint density at radius 2 is 2.11 bits per heavy atom. The lowest BCUT2D eigenvalue weighted by Gasteiger charge is -2.35. The van der Waals surface area contributed by atoms with Gasteiger partial charge in [-0.25, -0.2) is 5.43 Å². The largest absolute Gasteiger partial charge is 0.339 e. The summed E-state index contributed by atoms with van der Waals surface area (Å²) in [4.78, 5) is 24.2. The second kappa shape index (κ2) is 4.99. The van der Waals surface area contributed by atoms with E-state index in [2.05, 4.69) is 16.1 Å². The molecule has 2 amide bonds. The molecule has 0 saturated carbocycles. The highest BCUT2D eigenvalue weighted by molar-refractivity contribution is 5.97. The van der Waals surface area contributed by atoms with Crippen LogP contribution in [0.1, 0.15) is 16.8 Å². The molecule has 2 aliphatic heterocycles. The lowest BCUT2D eigenvalue weighted by molar-refractivity contribution is -0.140. The molecule has 2 unspecified atom stereocenters. The maximum Gasteiger partial charge on any atom is 0.262 e. The Morgan fingerprint density at radius 1 is 1.32 bits per heavy atom. The molecule has 2 heterocycles. The Hall–Kier alpha value is -1.92. The zero-order chi connectivity index (χ0) is 13.2. The quantitative estimate of drug-likeness (QED) is 0.667. The number of hydrogen-bond donors (Lipinski definition) is 3. The fourth-order valence-electron chi connectivity index (χ4n) is 2.44. The fraction of sp³-hybridized carbons (Fsp3) is 0.385. The van der Waals surface area contributed by atoms with Crippen LogP contribution in [0, 0.1) is 0 Å². The first-order valence-electron chi connectivity index (χ1n) is 6.41. The Labute approximate surface area is 111 Å². The zero-order valence-corrected chi connectivity index (χ0v) is 10.4. The summed E-state index contributed by atoms with van der Waals surface area (Å²) in [6, 6.07) is 8.39. The van der Waals surface area contributed by atoms with Gasteiger partial charge in [-0.2, -0.15) is 0 Å². The van der Waals surface area contributed by atoms with E-state index in [-0.39, 0.29) is 18.0 Å². The van der Waals surface area contributed by atoms with E-state index < -0.39 is 6.04 Å². The minimum Gasteiger partial charge on any atom is -0.339 e. The molecule has 1 aromatic carbocycles. The molecule has 3 rings (SSSR count). The van der Waals surface area contributed by atoms with Gasteiger partial charge in [0.1, 0.15) is 6.04 Å². The summed E-state index contributed by atoms with van der Waals surface area (Å²) in [5, 5.41) is 7.59. The van der Waals surface area contributed by atoms with Gasteiger partial charge in [0, 0.05) is 18.7 Å². The van der Waals surface area contributed by atoms with Crippen molar-refractivity contribution in [2.24, 2.45) is 0 Å². The summed E-state index contributed by atoms with van der Waals surface area (Å²) >= 11 is 0. The van der Waals surface area contributed by atoms with Crippen molar-refractivity contribution in [2.45, 2.75) is 18.6 Å². The summed E-state index contributed by atoms with van der Waals surface area (Å²) in [7, 11) is 0. The van der Waals surface area contributed by atoms with E-state index in [0.29, 0.717) is 12.1 Å². The standard InChI is InChI=1S/C13H16N4O2/c18-12(9-4-2-1-3-5-9)16-10-8-14-11-6-7-15-17(11)13(10)19/h1-5,10-11,14-15H,6-8H2,(H,16,18). The number of carbonyl (C=O) groups excluding carboxylic acids is 2. The van der Waals surface area contributed by atoms with Gasteiger partial charge in [0.25, 0.3) is 11.8 Å². The van der Waals surface area contributed by atoms with Crippen LogP contribution in [0.15, 0.2) is 30.3 Å². The molecular formula is C13H16N4O2. The van der Waals surface area contributed by atoms with Gasteiger partial charge < -0.3 is 5.32 Å². The Kier molecular flexibility index (Phi) is 3.18. The van der Waals surface area contributed by atoms with Crippen LogP contribution in [0.5, 0.6) is 0 Å². The van der Waals surface area contributed by atoms with Crippen LogP contribution in [-0.2, 0) is 4.79 Å². The van der Waals surface area contributed by atoms with Crippen molar-refractivity contribution in [1.29, 1.82) is 0 Å². The van der Waals surface area contributed by atoms with E-state index in [1.165, 1.54) is 0 Å². The van der Waals surface area contributed by atoms with E-state index in [1.807, 2.05) is 6.07 Å². The summed E-state index contributed by atoms with van der Waals surface area (Å²) in [5.41, 5.74) is 3.58. The molecule has 2 saturated heterocycles. The van der Waals surface area contributed by atoms with Gasteiger partial charge in [-0.1, -0.05) is 18.2 Å². The second-order valence-electron chi connectivity index (χ2n) is 4.72. The fourth-order valence-corrected chi connectivity index (χ4v) is 2.44. The smallest absolute Gasteiger partial charge is 0.262 e. The first kappa shape index (κ1) is 12.1. The van der Waals surface area contributed by atoms with E-state index in [0.717, 1.165) is 13.0 Å². The number of fused-ring (bicyclic) bond motifs is 1. The maximum atomic E-state index is 12.2.